The van der Waals surface area contributed by atoms with Gasteiger partial charge in [-0.05, 0) is 29.8 Å². The number of para-hydroxylation sites is 1. The van der Waals surface area contributed by atoms with Gasteiger partial charge in [0.25, 0.3) is 5.91 Å². The van der Waals surface area contributed by atoms with E-state index in [1.54, 1.807) is 26.2 Å². The summed E-state index contributed by atoms with van der Waals surface area (Å²) >= 11 is 6.22. The van der Waals surface area contributed by atoms with E-state index in [0.717, 1.165) is 16.5 Å². The van der Waals surface area contributed by atoms with Gasteiger partial charge >= 0.3 is 0 Å². The van der Waals surface area contributed by atoms with Crippen LogP contribution in [-0.4, -0.2) is 47.7 Å². The SMILES string of the molecule is CC(=O)NC(Cc1c[nH]c2ccccc12)C(=O)Nc1ccc(C(=O)N(C)C)c(Cl)c1. The van der Waals surface area contributed by atoms with Crippen LogP contribution in [0.5, 0.6) is 0 Å². The maximum absolute atomic E-state index is 12.9. The van der Waals surface area contributed by atoms with Gasteiger partial charge in [0.05, 0.1) is 10.6 Å². The van der Waals surface area contributed by atoms with Crippen molar-refractivity contribution in [1.82, 2.24) is 15.2 Å². The van der Waals surface area contributed by atoms with Gasteiger partial charge in [0.1, 0.15) is 6.04 Å². The quantitative estimate of drug-likeness (QED) is 0.565. The molecule has 0 aliphatic heterocycles. The van der Waals surface area contributed by atoms with Crippen LogP contribution < -0.4 is 10.6 Å². The first-order valence-corrected chi connectivity index (χ1v) is 9.78. The third-order valence-electron chi connectivity index (χ3n) is 4.67. The van der Waals surface area contributed by atoms with Crippen LogP contribution in [0, 0.1) is 0 Å². The summed E-state index contributed by atoms with van der Waals surface area (Å²) in [7, 11) is 3.27. The lowest BCUT2D eigenvalue weighted by atomic mass is 10.0. The van der Waals surface area contributed by atoms with Crippen LogP contribution in [-0.2, 0) is 16.0 Å². The predicted molar refractivity (Wildman–Crippen MR) is 118 cm³/mol. The lowest BCUT2D eigenvalue weighted by Crippen LogP contribution is -2.44. The van der Waals surface area contributed by atoms with Gasteiger partial charge in [-0.2, -0.15) is 0 Å². The molecule has 7 nitrogen and oxygen atoms in total. The third-order valence-corrected chi connectivity index (χ3v) is 4.98. The van der Waals surface area contributed by atoms with Crippen molar-refractivity contribution < 1.29 is 14.4 Å². The molecule has 1 atom stereocenters. The first kappa shape index (κ1) is 21.4. The molecule has 0 aliphatic rings. The number of carbonyl (C=O) groups excluding carboxylic acids is 3. The second kappa shape index (κ2) is 9.00. The smallest absolute Gasteiger partial charge is 0.254 e. The van der Waals surface area contributed by atoms with E-state index in [2.05, 4.69) is 15.6 Å². The Hall–Kier alpha value is -3.32. The van der Waals surface area contributed by atoms with Crippen LogP contribution in [0.25, 0.3) is 10.9 Å². The fourth-order valence-electron chi connectivity index (χ4n) is 3.21. The van der Waals surface area contributed by atoms with E-state index in [1.165, 1.54) is 17.9 Å². The summed E-state index contributed by atoms with van der Waals surface area (Å²) in [6.45, 7) is 1.37. The minimum absolute atomic E-state index is 0.228. The van der Waals surface area contributed by atoms with Gasteiger partial charge in [0, 0.05) is 50.2 Å². The molecule has 1 unspecified atom stereocenters. The highest BCUT2D eigenvalue weighted by Gasteiger charge is 2.22. The van der Waals surface area contributed by atoms with Crippen LogP contribution in [0.3, 0.4) is 0 Å². The normalized spacial score (nSPS) is 11.7. The van der Waals surface area contributed by atoms with Crippen LogP contribution in [0.1, 0.15) is 22.8 Å². The molecule has 156 valence electrons. The highest BCUT2D eigenvalue weighted by atomic mass is 35.5. The second-order valence-electron chi connectivity index (χ2n) is 7.20. The number of rotatable bonds is 6. The molecular weight excluding hydrogens is 404 g/mol. The van der Waals surface area contributed by atoms with Crippen molar-refractivity contribution in [3.8, 4) is 0 Å². The summed E-state index contributed by atoms with van der Waals surface area (Å²) in [5.41, 5.74) is 2.67. The summed E-state index contributed by atoms with van der Waals surface area (Å²) in [5, 5.41) is 6.71. The number of nitrogens with zero attached hydrogens (tertiary/aromatic N) is 1. The Labute approximate surface area is 179 Å². The molecule has 0 aliphatic carbocycles. The molecule has 0 saturated carbocycles. The van der Waals surface area contributed by atoms with Crippen molar-refractivity contribution in [3.05, 3.63) is 64.8 Å². The molecule has 0 fully saturated rings. The van der Waals surface area contributed by atoms with Gasteiger partial charge in [0.15, 0.2) is 0 Å². The summed E-state index contributed by atoms with van der Waals surface area (Å²) in [4.78, 5) is 41.3. The number of halogens is 1. The zero-order valence-electron chi connectivity index (χ0n) is 17.0. The van der Waals surface area contributed by atoms with Gasteiger partial charge < -0.3 is 20.5 Å². The Morgan fingerprint density at radius 2 is 1.87 bits per heavy atom. The van der Waals surface area contributed by atoms with E-state index >= 15 is 0 Å². The monoisotopic (exact) mass is 426 g/mol. The molecule has 3 aromatic rings. The average Bonchev–Trinajstić information content (AvgIpc) is 3.09. The predicted octanol–water partition coefficient (Wildman–Crippen LogP) is 3.21. The number of nitrogens with one attached hydrogen (secondary N) is 3. The molecule has 0 saturated heterocycles. The van der Waals surface area contributed by atoms with E-state index in [9.17, 15) is 14.4 Å². The number of fused-ring (bicyclic) bond motifs is 1. The maximum Gasteiger partial charge on any atom is 0.254 e. The minimum Gasteiger partial charge on any atom is -0.361 e. The number of carbonyl (C=O) groups is 3. The Morgan fingerprint density at radius 1 is 1.13 bits per heavy atom. The van der Waals surface area contributed by atoms with E-state index < -0.39 is 6.04 Å². The number of H-pyrrole nitrogens is 1. The molecule has 8 heteroatoms. The molecular formula is C22H23ClN4O3. The fourth-order valence-corrected chi connectivity index (χ4v) is 3.47. The van der Waals surface area contributed by atoms with Gasteiger partial charge in [-0.25, -0.2) is 0 Å². The Morgan fingerprint density at radius 3 is 2.53 bits per heavy atom. The Bertz CT molecular complexity index is 1110. The standard InChI is InChI=1S/C22H23ClN4O3/c1-13(28)25-20(10-14-12-24-19-7-5-4-6-16(14)19)21(29)26-15-8-9-17(18(23)11-15)22(30)27(2)3/h4-9,11-12,20,24H,10H2,1-3H3,(H,25,28)(H,26,29). The van der Waals surface area contributed by atoms with E-state index in [1.807, 2.05) is 30.5 Å². The number of aromatic amines is 1. The van der Waals surface area contributed by atoms with Crippen molar-refractivity contribution in [2.45, 2.75) is 19.4 Å². The highest BCUT2D eigenvalue weighted by Crippen LogP contribution is 2.23. The largest absolute Gasteiger partial charge is 0.361 e. The van der Waals surface area contributed by atoms with E-state index in [0.29, 0.717) is 17.7 Å². The molecule has 0 bridgehead atoms. The molecule has 3 rings (SSSR count). The number of amides is 3. The van der Waals surface area contributed by atoms with E-state index in [4.69, 9.17) is 11.6 Å². The number of aromatic nitrogens is 1. The van der Waals surface area contributed by atoms with Gasteiger partial charge in [0.2, 0.25) is 11.8 Å². The van der Waals surface area contributed by atoms with Gasteiger partial charge in [-0.1, -0.05) is 29.8 Å². The second-order valence-corrected chi connectivity index (χ2v) is 7.61. The zero-order chi connectivity index (χ0) is 21.8. The lowest BCUT2D eigenvalue weighted by molar-refractivity contribution is -0.125. The van der Waals surface area contributed by atoms with Crippen LogP contribution >= 0.6 is 11.6 Å². The number of benzene rings is 2. The first-order valence-electron chi connectivity index (χ1n) is 9.40. The molecule has 2 aromatic carbocycles. The van der Waals surface area contributed by atoms with Crippen molar-refractivity contribution >= 4 is 45.9 Å². The molecule has 3 amide bonds. The first-order chi connectivity index (χ1) is 14.3. The topological polar surface area (TPSA) is 94.3 Å². The summed E-state index contributed by atoms with van der Waals surface area (Å²) in [6, 6.07) is 11.7. The van der Waals surface area contributed by atoms with E-state index in [-0.39, 0.29) is 22.7 Å². The van der Waals surface area contributed by atoms with Gasteiger partial charge in [-0.15, -0.1) is 0 Å². The Balaban J connectivity index is 1.80. The summed E-state index contributed by atoms with van der Waals surface area (Å²) in [5.74, 6) is -0.911. The summed E-state index contributed by atoms with van der Waals surface area (Å²) < 4.78 is 0. The Kier molecular flexibility index (Phi) is 6.42. The van der Waals surface area contributed by atoms with Crippen LogP contribution in [0.15, 0.2) is 48.7 Å². The van der Waals surface area contributed by atoms with Crippen molar-refractivity contribution in [1.29, 1.82) is 0 Å². The third kappa shape index (κ3) is 4.80. The highest BCUT2D eigenvalue weighted by molar-refractivity contribution is 6.34. The molecule has 3 N–H and O–H groups in total. The number of hydrogen-bond donors (Lipinski definition) is 3. The molecule has 1 aromatic heterocycles. The minimum atomic E-state index is -0.774. The van der Waals surface area contributed by atoms with Crippen molar-refractivity contribution in [2.24, 2.45) is 0 Å². The van der Waals surface area contributed by atoms with Crippen LogP contribution in [0.4, 0.5) is 5.69 Å². The summed E-state index contributed by atoms with van der Waals surface area (Å²) in [6.07, 6.45) is 2.16. The maximum atomic E-state index is 12.9. The number of hydrogen-bond acceptors (Lipinski definition) is 3. The van der Waals surface area contributed by atoms with Crippen molar-refractivity contribution in [2.75, 3.05) is 19.4 Å². The molecule has 0 spiro atoms. The van der Waals surface area contributed by atoms with Gasteiger partial charge in [-0.3, -0.25) is 14.4 Å². The fraction of sp³-hybridized carbons (Fsp3) is 0.227. The van der Waals surface area contributed by atoms with Crippen LogP contribution in [0.2, 0.25) is 5.02 Å². The zero-order valence-corrected chi connectivity index (χ0v) is 17.7. The number of anilines is 1. The van der Waals surface area contributed by atoms with Crippen molar-refractivity contribution in [3.63, 3.8) is 0 Å². The molecule has 30 heavy (non-hydrogen) atoms. The molecule has 1 heterocycles. The average molecular weight is 427 g/mol. The lowest BCUT2D eigenvalue weighted by Gasteiger charge is -2.18. The molecule has 0 radical (unpaired) electrons.